The quantitative estimate of drug-likeness (QED) is 0.408. The van der Waals surface area contributed by atoms with Crippen LogP contribution in [-0.2, 0) is 4.74 Å². The zero-order valence-corrected chi connectivity index (χ0v) is 7.28. The molecule has 3 N–H and O–H groups in total. The summed E-state index contributed by atoms with van der Waals surface area (Å²) in [6.45, 7) is 1.99. The minimum Gasteiger partial charge on any atom is -0.508 e. The molecule has 1 aromatic rings. The molecule has 4 heteroatoms. The number of carbonyl (C=O) groups is 1. The molecule has 70 valence electrons. The average molecular weight is 181 g/mol. The number of carbonyl (C=O) groups excluding carboxylic acids is 1. The molecule has 0 aliphatic carbocycles. The summed E-state index contributed by atoms with van der Waals surface area (Å²) >= 11 is 0. The van der Waals surface area contributed by atoms with Crippen LogP contribution in [0.15, 0.2) is 18.2 Å². The average Bonchev–Trinajstić information content (AvgIpc) is 2.09. The van der Waals surface area contributed by atoms with Gasteiger partial charge in [0.15, 0.2) is 0 Å². The van der Waals surface area contributed by atoms with E-state index in [0.29, 0.717) is 5.69 Å². The second-order valence-corrected chi connectivity index (χ2v) is 2.49. The third-order valence-electron chi connectivity index (χ3n) is 1.53. The number of ether oxygens (including phenoxy) is 1. The van der Waals surface area contributed by atoms with Gasteiger partial charge >= 0.3 is 5.97 Å². The summed E-state index contributed by atoms with van der Waals surface area (Å²) in [6, 6.07) is 4.16. The predicted molar refractivity (Wildman–Crippen MR) is 48.5 cm³/mol. The first kappa shape index (κ1) is 9.38. The van der Waals surface area contributed by atoms with E-state index in [1.54, 1.807) is 6.92 Å². The van der Waals surface area contributed by atoms with E-state index in [0.717, 1.165) is 0 Å². The van der Waals surface area contributed by atoms with Crippen LogP contribution in [0.4, 0.5) is 5.69 Å². The number of hydrogen-bond donors (Lipinski definition) is 2. The molecule has 0 fully saturated rings. The molecular weight excluding hydrogens is 170 g/mol. The van der Waals surface area contributed by atoms with Crippen LogP contribution in [0.3, 0.4) is 0 Å². The van der Waals surface area contributed by atoms with Crippen molar-refractivity contribution < 1.29 is 14.6 Å². The number of esters is 1. The third-order valence-corrected chi connectivity index (χ3v) is 1.53. The highest BCUT2D eigenvalue weighted by Crippen LogP contribution is 2.18. The largest absolute Gasteiger partial charge is 0.508 e. The molecule has 4 nitrogen and oxygen atoms in total. The van der Waals surface area contributed by atoms with E-state index < -0.39 is 5.97 Å². The Kier molecular flexibility index (Phi) is 2.74. The minimum absolute atomic E-state index is 0.00254. The van der Waals surface area contributed by atoms with Gasteiger partial charge in [0, 0.05) is 5.69 Å². The zero-order chi connectivity index (χ0) is 9.84. The van der Waals surface area contributed by atoms with Crippen molar-refractivity contribution in [1.82, 2.24) is 0 Å². The highest BCUT2D eigenvalue weighted by molar-refractivity contribution is 5.95. The summed E-state index contributed by atoms with van der Waals surface area (Å²) < 4.78 is 4.73. The summed E-state index contributed by atoms with van der Waals surface area (Å²) in [5.74, 6) is -0.520. The third kappa shape index (κ3) is 2.11. The molecule has 0 saturated carbocycles. The van der Waals surface area contributed by atoms with Gasteiger partial charge in [0.05, 0.1) is 12.2 Å². The summed E-state index contributed by atoms with van der Waals surface area (Å²) in [5.41, 5.74) is 6.01. The molecule has 1 rings (SSSR count). The maximum absolute atomic E-state index is 11.2. The standard InChI is InChI=1S/C9H11NO3/c1-2-13-9(12)7-5-6(11)3-4-8(7)10/h3-5,11H,2,10H2,1H3. The molecule has 0 unspecified atom stereocenters. The number of anilines is 1. The van der Waals surface area contributed by atoms with Gasteiger partial charge in [0.25, 0.3) is 0 Å². The molecule has 0 spiro atoms. The van der Waals surface area contributed by atoms with Gasteiger partial charge in [-0.15, -0.1) is 0 Å². The molecule has 0 bridgehead atoms. The van der Waals surface area contributed by atoms with Crippen molar-refractivity contribution in [3.05, 3.63) is 23.8 Å². The maximum atomic E-state index is 11.2. The molecule has 0 amide bonds. The monoisotopic (exact) mass is 181 g/mol. The van der Waals surface area contributed by atoms with Gasteiger partial charge < -0.3 is 15.6 Å². The fraction of sp³-hybridized carbons (Fsp3) is 0.222. The number of rotatable bonds is 2. The van der Waals surface area contributed by atoms with E-state index in [1.165, 1.54) is 18.2 Å². The number of nitrogens with two attached hydrogens (primary N) is 1. The van der Waals surface area contributed by atoms with Crippen LogP contribution in [0.1, 0.15) is 17.3 Å². The van der Waals surface area contributed by atoms with Crippen LogP contribution in [0, 0.1) is 0 Å². The molecule has 13 heavy (non-hydrogen) atoms. The molecule has 0 heterocycles. The fourth-order valence-electron chi connectivity index (χ4n) is 0.930. The van der Waals surface area contributed by atoms with Gasteiger partial charge in [-0.3, -0.25) is 0 Å². The molecule has 1 aromatic carbocycles. The summed E-state index contributed by atoms with van der Waals surface area (Å²) in [4.78, 5) is 11.2. The topological polar surface area (TPSA) is 72.5 Å². The Bertz CT molecular complexity index is 323. The van der Waals surface area contributed by atoms with Crippen molar-refractivity contribution in [3.63, 3.8) is 0 Å². The van der Waals surface area contributed by atoms with Gasteiger partial charge in [-0.2, -0.15) is 0 Å². The number of phenolic OH excluding ortho intramolecular Hbond substituents is 1. The smallest absolute Gasteiger partial charge is 0.340 e. The van der Waals surface area contributed by atoms with Crippen molar-refractivity contribution in [2.24, 2.45) is 0 Å². The fourth-order valence-corrected chi connectivity index (χ4v) is 0.930. The molecule has 0 aliphatic rings. The number of phenols is 1. The Morgan fingerprint density at radius 3 is 2.92 bits per heavy atom. The Balaban J connectivity index is 2.99. The molecule has 0 aliphatic heterocycles. The molecular formula is C9H11NO3. The first-order chi connectivity index (χ1) is 6.15. The van der Waals surface area contributed by atoms with E-state index >= 15 is 0 Å². The van der Waals surface area contributed by atoms with E-state index in [-0.39, 0.29) is 17.9 Å². The maximum Gasteiger partial charge on any atom is 0.340 e. The highest BCUT2D eigenvalue weighted by Gasteiger charge is 2.10. The van der Waals surface area contributed by atoms with Gasteiger partial charge in [-0.1, -0.05) is 0 Å². The second kappa shape index (κ2) is 3.80. The number of nitrogen functional groups attached to an aromatic ring is 1. The molecule has 0 atom stereocenters. The van der Waals surface area contributed by atoms with Crippen molar-refractivity contribution >= 4 is 11.7 Å². The van der Waals surface area contributed by atoms with Crippen molar-refractivity contribution in [2.75, 3.05) is 12.3 Å². The van der Waals surface area contributed by atoms with Crippen LogP contribution in [0.5, 0.6) is 5.75 Å². The molecule has 0 radical (unpaired) electrons. The summed E-state index contributed by atoms with van der Waals surface area (Å²) in [7, 11) is 0. The molecule has 0 saturated heterocycles. The van der Waals surface area contributed by atoms with E-state index in [9.17, 15) is 4.79 Å². The van der Waals surface area contributed by atoms with Crippen LogP contribution in [-0.4, -0.2) is 17.7 Å². The van der Waals surface area contributed by atoms with Crippen LogP contribution in [0.2, 0.25) is 0 Å². The number of aromatic hydroxyl groups is 1. The van der Waals surface area contributed by atoms with Gasteiger partial charge in [0.1, 0.15) is 5.75 Å². The summed E-state index contributed by atoms with van der Waals surface area (Å²) in [5, 5.41) is 9.09. The Hall–Kier alpha value is -1.71. The normalized spacial score (nSPS) is 9.62. The lowest BCUT2D eigenvalue weighted by molar-refractivity contribution is 0.0527. The minimum atomic E-state index is -0.518. The van der Waals surface area contributed by atoms with E-state index in [2.05, 4.69) is 0 Å². The lowest BCUT2D eigenvalue weighted by atomic mass is 10.2. The van der Waals surface area contributed by atoms with Gasteiger partial charge in [-0.25, -0.2) is 4.79 Å². The van der Waals surface area contributed by atoms with Gasteiger partial charge in [0.2, 0.25) is 0 Å². The predicted octanol–water partition coefficient (Wildman–Crippen LogP) is 1.15. The Morgan fingerprint density at radius 1 is 1.62 bits per heavy atom. The van der Waals surface area contributed by atoms with Crippen molar-refractivity contribution in [1.29, 1.82) is 0 Å². The zero-order valence-electron chi connectivity index (χ0n) is 7.28. The lowest BCUT2D eigenvalue weighted by Crippen LogP contribution is -2.07. The first-order valence-electron chi connectivity index (χ1n) is 3.90. The van der Waals surface area contributed by atoms with Gasteiger partial charge in [-0.05, 0) is 25.1 Å². The van der Waals surface area contributed by atoms with E-state index in [4.69, 9.17) is 15.6 Å². The highest BCUT2D eigenvalue weighted by atomic mass is 16.5. The molecule has 0 aromatic heterocycles. The number of hydrogen-bond acceptors (Lipinski definition) is 4. The van der Waals surface area contributed by atoms with Crippen LogP contribution in [0.25, 0.3) is 0 Å². The second-order valence-electron chi connectivity index (χ2n) is 2.49. The van der Waals surface area contributed by atoms with Crippen molar-refractivity contribution in [3.8, 4) is 5.75 Å². The van der Waals surface area contributed by atoms with E-state index in [1.807, 2.05) is 0 Å². The summed E-state index contributed by atoms with van der Waals surface area (Å²) in [6.07, 6.45) is 0. The Labute approximate surface area is 75.9 Å². The number of benzene rings is 1. The first-order valence-corrected chi connectivity index (χ1v) is 3.90. The van der Waals surface area contributed by atoms with Crippen LogP contribution < -0.4 is 5.73 Å². The SMILES string of the molecule is CCOC(=O)c1cc(O)ccc1N. The lowest BCUT2D eigenvalue weighted by Gasteiger charge is -2.04. The van der Waals surface area contributed by atoms with Crippen LogP contribution >= 0.6 is 0 Å². The van der Waals surface area contributed by atoms with Crippen molar-refractivity contribution in [2.45, 2.75) is 6.92 Å². The Morgan fingerprint density at radius 2 is 2.31 bits per heavy atom.